The van der Waals surface area contributed by atoms with Crippen LogP contribution in [0.3, 0.4) is 0 Å². The van der Waals surface area contributed by atoms with Gasteiger partial charge >= 0.3 is 0 Å². The van der Waals surface area contributed by atoms with Gasteiger partial charge in [-0.05, 0) is 6.92 Å². The first kappa shape index (κ1) is 13.1. The first-order chi connectivity index (χ1) is 8.63. The molecule has 18 heavy (non-hydrogen) atoms. The molecule has 1 fully saturated rings. The molecule has 0 bridgehead atoms. The van der Waals surface area contributed by atoms with Crippen LogP contribution in [0.2, 0.25) is 5.02 Å². The maximum absolute atomic E-state index is 12.0. The quantitative estimate of drug-likeness (QED) is 0.827. The van der Waals surface area contributed by atoms with Crippen molar-refractivity contribution >= 4 is 17.3 Å². The fourth-order valence-corrected chi connectivity index (χ4v) is 2.35. The lowest BCUT2D eigenvalue weighted by Crippen LogP contribution is -2.49. The van der Waals surface area contributed by atoms with E-state index in [-0.39, 0.29) is 10.6 Å². The summed E-state index contributed by atoms with van der Waals surface area (Å²) in [5.41, 5.74) is 0.454. The molecule has 0 spiro atoms. The lowest BCUT2D eigenvalue weighted by Gasteiger charge is -2.33. The molecule has 1 atom stereocenters. The molecule has 5 nitrogen and oxygen atoms in total. The van der Waals surface area contributed by atoms with Crippen LogP contribution < -0.4 is 15.8 Å². The Morgan fingerprint density at radius 1 is 1.72 bits per heavy atom. The summed E-state index contributed by atoms with van der Waals surface area (Å²) in [7, 11) is 0. The number of hydrogen-bond acceptors (Lipinski definition) is 4. The van der Waals surface area contributed by atoms with Crippen molar-refractivity contribution in [3.63, 3.8) is 0 Å². The Hall–Kier alpha value is -1.33. The standard InChI is InChI=1S/C12H17ClN4O/c1-3-5-17-12(18)11(13)10(7-15-17)16-6-4-14-9(2)8-16/h3,7,9,14H,1,4-6,8H2,2H3/t9-/m0/s1. The van der Waals surface area contributed by atoms with Crippen LogP contribution in [-0.4, -0.2) is 35.5 Å². The number of hydrogen-bond donors (Lipinski definition) is 1. The van der Waals surface area contributed by atoms with Crippen LogP contribution in [-0.2, 0) is 6.54 Å². The van der Waals surface area contributed by atoms with Gasteiger partial charge in [0.05, 0.1) is 18.4 Å². The maximum atomic E-state index is 12.0. The smallest absolute Gasteiger partial charge is 0.287 e. The van der Waals surface area contributed by atoms with Crippen LogP contribution in [0.5, 0.6) is 0 Å². The Morgan fingerprint density at radius 2 is 2.50 bits per heavy atom. The van der Waals surface area contributed by atoms with Crippen molar-refractivity contribution in [1.29, 1.82) is 0 Å². The van der Waals surface area contributed by atoms with E-state index in [2.05, 4.69) is 28.8 Å². The van der Waals surface area contributed by atoms with Crippen LogP contribution in [0.1, 0.15) is 6.92 Å². The minimum atomic E-state index is -0.264. The molecular weight excluding hydrogens is 252 g/mol. The molecule has 1 aliphatic rings. The van der Waals surface area contributed by atoms with Crippen LogP contribution in [0.15, 0.2) is 23.6 Å². The van der Waals surface area contributed by atoms with Crippen LogP contribution in [0.25, 0.3) is 0 Å². The van der Waals surface area contributed by atoms with Crippen LogP contribution in [0, 0.1) is 0 Å². The maximum Gasteiger partial charge on any atom is 0.287 e. The van der Waals surface area contributed by atoms with E-state index in [0.29, 0.717) is 12.6 Å². The van der Waals surface area contributed by atoms with Gasteiger partial charge in [-0.15, -0.1) is 6.58 Å². The largest absolute Gasteiger partial charge is 0.366 e. The van der Waals surface area contributed by atoms with E-state index in [4.69, 9.17) is 11.6 Å². The number of nitrogens with zero attached hydrogens (tertiary/aromatic N) is 3. The van der Waals surface area contributed by atoms with Crippen LogP contribution in [0.4, 0.5) is 5.69 Å². The highest BCUT2D eigenvalue weighted by Gasteiger charge is 2.20. The second-order valence-corrected chi connectivity index (χ2v) is 4.80. The van der Waals surface area contributed by atoms with Crippen molar-refractivity contribution in [2.75, 3.05) is 24.5 Å². The van der Waals surface area contributed by atoms with E-state index in [1.807, 2.05) is 0 Å². The van der Waals surface area contributed by atoms with Gasteiger partial charge in [0.15, 0.2) is 0 Å². The van der Waals surface area contributed by atoms with E-state index < -0.39 is 0 Å². The van der Waals surface area contributed by atoms with Crippen molar-refractivity contribution < 1.29 is 0 Å². The van der Waals surface area contributed by atoms with Crippen molar-refractivity contribution in [2.24, 2.45) is 0 Å². The first-order valence-corrected chi connectivity index (χ1v) is 6.36. The Labute approximate surface area is 111 Å². The summed E-state index contributed by atoms with van der Waals surface area (Å²) >= 11 is 6.15. The van der Waals surface area contributed by atoms with Crippen LogP contribution >= 0.6 is 11.6 Å². The predicted octanol–water partition coefficient (Wildman–Crippen LogP) is 0.881. The van der Waals surface area contributed by atoms with Gasteiger partial charge in [-0.1, -0.05) is 17.7 Å². The summed E-state index contributed by atoms with van der Waals surface area (Å²) in [5.74, 6) is 0. The number of piperazine rings is 1. The van der Waals surface area contributed by atoms with E-state index in [1.54, 1.807) is 12.3 Å². The van der Waals surface area contributed by atoms with Gasteiger partial charge in [0.25, 0.3) is 5.56 Å². The molecule has 6 heteroatoms. The normalized spacial score (nSPS) is 19.9. The highest BCUT2D eigenvalue weighted by Crippen LogP contribution is 2.21. The minimum Gasteiger partial charge on any atom is -0.366 e. The number of nitrogens with one attached hydrogen (secondary N) is 1. The van der Waals surface area contributed by atoms with Gasteiger partial charge in [0, 0.05) is 25.7 Å². The molecule has 98 valence electrons. The zero-order valence-corrected chi connectivity index (χ0v) is 11.2. The van der Waals surface area contributed by atoms with E-state index in [9.17, 15) is 4.79 Å². The fraction of sp³-hybridized carbons (Fsp3) is 0.500. The lowest BCUT2D eigenvalue weighted by atomic mass is 10.2. The Morgan fingerprint density at radius 3 is 3.17 bits per heavy atom. The molecule has 1 aromatic heterocycles. The van der Waals surface area contributed by atoms with Gasteiger partial charge in [-0.3, -0.25) is 4.79 Å². The van der Waals surface area contributed by atoms with Gasteiger partial charge in [0.1, 0.15) is 5.02 Å². The average Bonchev–Trinajstić information content (AvgIpc) is 2.35. The number of rotatable bonds is 3. The second-order valence-electron chi connectivity index (χ2n) is 4.42. The topological polar surface area (TPSA) is 50.2 Å². The van der Waals surface area contributed by atoms with Crippen molar-refractivity contribution in [3.05, 3.63) is 34.2 Å². The summed E-state index contributed by atoms with van der Waals surface area (Å²) in [4.78, 5) is 14.1. The number of aromatic nitrogens is 2. The molecule has 0 saturated carbocycles. The molecule has 0 aliphatic carbocycles. The monoisotopic (exact) mass is 268 g/mol. The van der Waals surface area contributed by atoms with Gasteiger partial charge in [-0.25, -0.2) is 4.68 Å². The summed E-state index contributed by atoms with van der Waals surface area (Å²) < 4.78 is 1.31. The van der Waals surface area contributed by atoms with Gasteiger partial charge < -0.3 is 10.2 Å². The van der Waals surface area contributed by atoms with Gasteiger partial charge in [-0.2, -0.15) is 5.10 Å². The molecule has 2 heterocycles. The third-order valence-corrected chi connectivity index (χ3v) is 3.33. The molecule has 1 aromatic rings. The molecule has 2 rings (SSSR count). The SMILES string of the molecule is C=CCn1ncc(N2CCN[C@@H](C)C2)c(Cl)c1=O. The highest BCUT2D eigenvalue weighted by atomic mass is 35.5. The highest BCUT2D eigenvalue weighted by molar-refractivity contribution is 6.33. The Kier molecular flexibility index (Phi) is 4.04. The third-order valence-electron chi connectivity index (χ3n) is 2.98. The van der Waals surface area contributed by atoms with E-state index in [1.165, 1.54) is 4.68 Å². The zero-order chi connectivity index (χ0) is 13.1. The zero-order valence-electron chi connectivity index (χ0n) is 10.4. The Bertz CT molecular complexity index is 499. The fourth-order valence-electron chi connectivity index (χ4n) is 2.08. The van der Waals surface area contributed by atoms with Gasteiger partial charge in [0.2, 0.25) is 0 Å². The molecule has 0 aromatic carbocycles. The first-order valence-electron chi connectivity index (χ1n) is 5.98. The van der Waals surface area contributed by atoms with E-state index >= 15 is 0 Å². The summed E-state index contributed by atoms with van der Waals surface area (Å²) in [5, 5.41) is 7.70. The summed E-state index contributed by atoms with van der Waals surface area (Å²) in [6.07, 6.45) is 3.28. The molecule has 1 aliphatic heterocycles. The average molecular weight is 269 g/mol. The summed E-state index contributed by atoms with van der Waals surface area (Å²) in [6, 6.07) is 0.380. The minimum absolute atomic E-state index is 0.237. The molecule has 1 saturated heterocycles. The van der Waals surface area contributed by atoms with Crippen molar-refractivity contribution in [1.82, 2.24) is 15.1 Å². The number of anilines is 1. The Balaban J connectivity index is 2.31. The molecule has 0 radical (unpaired) electrons. The number of allylic oxidation sites excluding steroid dienone is 1. The molecule has 1 N–H and O–H groups in total. The van der Waals surface area contributed by atoms with Crippen molar-refractivity contribution in [3.8, 4) is 0 Å². The summed E-state index contributed by atoms with van der Waals surface area (Å²) in [6.45, 7) is 8.60. The van der Waals surface area contributed by atoms with E-state index in [0.717, 1.165) is 25.3 Å². The predicted molar refractivity (Wildman–Crippen MR) is 73.4 cm³/mol. The molecular formula is C12H17ClN4O. The molecule has 0 amide bonds. The lowest BCUT2D eigenvalue weighted by molar-refractivity contribution is 0.483. The van der Waals surface area contributed by atoms with Crippen molar-refractivity contribution in [2.45, 2.75) is 19.5 Å². The third kappa shape index (κ3) is 2.57. The number of halogens is 1. The molecule has 0 unspecified atom stereocenters. The second kappa shape index (κ2) is 5.54.